The topological polar surface area (TPSA) is 38.7 Å². The van der Waals surface area contributed by atoms with Gasteiger partial charge in [0.05, 0.1) is 0 Å². The van der Waals surface area contributed by atoms with Crippen LogP contribution in [-0.2, 0) is 8.99 Å². The lowest BCUT2D eigenvalue weighted by Gasteiger charge is -2.43. The van der Waals surface area contributed by atoms with Gasteiger partial charge in [0.1, 0.15) is 0 Å². The summed E-state index contributed by atoms with van der Waals surface area (Å²) in [4.78, 5) is 0. The number of benzene rings is 4. The summed E-state index contributed by atoms with van der Waals surface area (Å²) in [7, 11) is -5.64. The molecular formula is C32H36NO2PSi. The van der Waals surface area contributed by atoms with Crippen LogP contribution in [0.3, 0.4) is 0 Å². The molecule has 0 bridgehead atoms. The molecule has 37 heavy (non-hydrogen) atoms. The van der Waals surface area contributed by atoms with E-state index in [1.54, 1.807) is 0 Å². The van der Waals surface area contributed by atoms with Crippen molar-refractivity contribution in [3.63, 3.8) is 0 Å². The average Bonchev–Trinajstić information content (AvgIpc) is 2.94. The molecule has 4 aromatic carbocycles. The first-order valence-corrected chi connectivity index (χ1v) is 16.4. The standard InChI is InChI=1S/C32H36NO2PSi/c1-32(2,3)37(30-22-12-6-13-23-30,31-24-14-7-15-25-31)35-27-17-16-26-33-36(34,28-18-8-4-9-19-28)29-20-10-5-11-21-29/h4-15,18-26H,16-17,27H2,1-3H3/b33-26+. The molecule has 0 aliphatic carbocycles. The maximum atomic E-state index is 14.1. The first kappa shape index (κ1) is 27.0. The van der Waals surface area contributed by atoms with Crippen molar-refractivity contribution in [2.45, 2.75) is 38.7 Å². The van der Waals surface area contributed by atoms with Crippen molar-refractivity contribution in [3.8, 4) is 0 Å². The molecule has 0 saturated heterocycles. The third kappa shape index (κ3) is 5.93. The quantitative estimate of drug-likeness (QED) is 0.105. The lowest BCUT2D eigenvalue weighted by atomic mass is 10.2. The summed E-state index contributed by atoms with van der Waals surface area (Å²) in [6, 6.07) is 40.5. The van der Waals surface area contributed by atoms with E-state index in [9.17, 15) is 4.57 Å². The van der Waals surface area contributed by atoms with Crippen molar-refractivity contribution in [1.82, 2.24) is 0 Å². The van der Waals surface area contributed by atoms with E-state index >= 15 is 0 Å². The molecule has 0 N–H and O–H groups in total. The highest BCUT2D eigenvalue weighted by Crippen LogP contribution is 2.44. The maximum Gasteiger partial charge on any atom is 0.261 e. The Labute approximate surface area is 222 Å². The summed E-state index contributed by atoms with van der Waals surface area (Å²) in [6.07, 6.45) is 3.33. The Bertz CT molecular complexity index is 1240. The molecule has 3 nitrogen and oxygen atoms in total. The molecule has 190 valence electrons. The predicted octanol–water partition coefficient (Wildman–Crippen LogP) is 6.34. The smallest absolute Gasteiger partial charge is 0.261 e. The molecule has 0 aliphatic heterocycles. The Hall–Kier alpha value is -3.04. The van der Waals surface area contributed by atoms with Gasteiger partial charge >= 0.3 is 0 Å². The van der Waals surface area contributed by atoms with Gasteiger partial charge in [0.2, 0.25) is 7.29 Å². The number of rotatable bonds is 10. The molecule has 0 aromatic heterocycles. The van der Waals surface area contributed by atoms with E-state index in [4.69, 9.17) is 4.43 Å². The van der Waals surface area contributed by atoms with Gasteiger partial charge in [0.15, 0.2) is 0 Å². The third-order valence-electron chi connectivity index (χ3n) is 6.67. The molecule has 0 saturated carbocycles. The van der Waals surface area contributed by atoms with Crippen molar-refractivity contribution in [1.29, 1.82) is 0 Å². The lowest BCUT2D eigenvalue weighted by molar-refractivity contribution is 0.294. The second-order valence-electron chi connectivity index (χ2n) is 10.2. The minimum Gasteiger partial charge on any atom is -0.407 e. The van der Waals surface area contributed by atoms with Crippen LogP contribution in [0.15, 0.2) is 126 Å². The highest BCUT2D eigenvalue weighted by atomic mass is 31.2. The third-order valence-corrected chi connectivity index (χ3v) is 14.2. The highest BCUT2D eigenvalue weighted by molar-refractivity contribution is 7.77. The molecule has 0 spiro atoms. The van der Waals surface area contributed by atoms with Crippen LogP contribution >= 0.6 is 7.29 Å². The Morgan fingerprint density at radius 2 is 1.11 bits per heavy atom. The zero-order chi connectivity index (χ0) is 26.2. The van der Waals surface area contributed by atoms with Crippen molar-refractivity contribution < 1.29 is 8.99 Å². The molecule has 4 aromatic rings. The fraction of sp³-hybridized carbons (Fsp3) is 0.219. The Morgan fingerprint density at radius 1 is 0.703 bits per heavy atom. The Kier molecular flexibility index (Phi) is 8.76. The fourth-order valence-electron chi connectivity index (χ4n) is 4.88. The number of unbranched alkanes of at least 4 members (excludes halogenated alkanes) is 1. The molecule has 0 aliphatic rings. The number of hydrogen-bond acceptors (Lipinski definition) is 2. The van der Waals surface area contributed by atoms with E-state index in [1.165, 1.54) is 10.4 Å². The maximum absolute atomic E-state index is 14.1. The normalized spacial score (nSPS) is 12.6. The van der Waals surface area contributed by atoms with Crippen LogP contribution in [0.5, 0.6) is 0 Å². The first-order valence-electron chi connectivity index (χ1n) is 12.9. The van der Waals surface area contributed by atoms with E-state index in [-0.39, 0.29) is 5.04 Å². The predicted molar refractivity (Wildman–Crippen MR) is 161 cm³/mol. The summed E-state index contributed by atoms with van der Waals surface area (Å²) in [5.41, 5.74) is 0. The van der Waals surface area contributed by atoms with Crippen molar-refractivity contribution in [2.24, 2.45) is 4.76 Å². The molecule has 0 atom stereocenters. The van der Waals surface area contributed by atoms with E-state index < -0.39 is 15.6 Å². The molecular weight excluding hydrogens is 489 g/mol. The first-order chi connectivity index (χ1) is 17.9. The Morgan fingerprint density at radius 3 is 1.51 bits per heavy atom. The summed E-state index contributed by atoms with van der Waals surface area (Å²) in [6.45, 7) is 7.48. The van der Waals surface area contributed by atoms with Crippen molar-refractivity contribution in [3.05, 3.63) is 121 Å². The van der Waals surface area contributed by atoms with Gasteiger partial charge in [0, 0.05) is 23.4 Å². The molecule has 0 radical (unpaired) electrons. The van der Waals surface area contributed by atoms with Crippen LogP contribution in [0.4, 0.5) is 0 Å². The van der Waals surface area contributed by atoms with E-state index in [0.717, 1.165) is 17.0 Å². The molecule has 0 unspecified atom stereocenters. The SMILES string of the molecule is CC(C)(C)[Si](OCCC/C=N/P(=O)(c1ccccc1)c1ccccc1)(c1ccccc1)c1ccccc1. The molecule has 4 rings (SSSR count). The van der Waals surface area contributed by atoms with Gasteiger partial charge in [-0.2, -0.15) is 0 Å². The summed E-state index contributed by atoms with van der Waals surface area (Å²) in [5.74, 6) is 0. The second-order valence-corrected chi connectivity index (χ2v) is 16.9. The van der Waals surface area contributed by atoms with Gasteiger partial charge in [0.25, 0.3) is 8.32 Å². The van der Waals surface area contributed by atoms with E-state index in [2.05, 4.69) is 86.2 Å². The van der Waals surface area contributed by atoms with Gasteiger partial charge in [-0.3, -0.25) is 4.57 Å². The summed E-state index contributed by atoms with van der Waals surface area (Å²) >= 11 is 0. The molecule has 0 heterocycles. The van der Waals surface area contributed by atoms with Gasteiger partial charge in [-0.1, -0.05) is 118 Å². The van der Waals surface area contributed by atoms with Gasteiger partial charge in [-0.15, -0.1) is 0 Å². The van der Waals surface area contributed by atoms with Gasteiger partial charge < -0.3 is 4.43 Å². The van der Waals surface area contributed by atoms with Crippen molar-refractivity contribution >= 4 is 42.8 Å². The zero-order valence-corrected chi connectivity index (χ0v) is 23.9. The van der Waals surface area contributed by atoms with Crippen molar-refractivity contribution in [2.75, 3.05) is 6.61 Å². The minimum absolute atomic E-state index is 0.0554. The minimum atomic E-state index is -3.09. The molecule has 0 fully saturated rings. The summed E-state index contributed by atoms with van der Waals surface area (Å²) in [5, 5.41) is 4.00. The summed E-state index contributed by atoms with van der Waals surface area (Å²) < 4.78 is 25.7. The van der Waals surface area contributed by atoms with Crippen LogP contribution in [0, 0.1) is 0 Å². The lowest BCUT2D eigenvalue weighted by Crippen LogP contribution is -2.66. The second kappa shape index (κ2) is 12.0. The van der Waals surface area contributed by atoms with Crippen LogP contribution in [0.2, 0.25) is 5.04 Å². The average molecular weight is 526 g/mol. The monoisotopic (exact) mass is 525 g/mol. The van der Waals surface area contributed by atoms with Gasteiger partial charge in [-0.25, -0.2) is 4.76 Å². The van der Waals surface area contributed by atoms with Crippen LogP contribution in [-0.4, -0.2) is 21.1 Å². The molecule has 0 amide bonds. The van der Waals surface area contributed by atoms with Crippen LogP contribution < -0.4 is 21.0 Å². The highest BCUT2D eigenvalue weighted by Gasteiger charge is 2.49. The largest absolute Gasteiger partial charge is 0.407 e. The number of nitrogens with zero attached hydrogens (tertiary/aromatic N) is 1. The van der Waals surface area contributed by atoms with Gasteiger partial charge in [-0.05, 0) is 52.5 Å². The van der Waals surface area contributed by atoms with E-state index in [0.29, 0.717) is 13.0 Å². The fourth-order valence-corrected chi connectivity index (χ4v) is 11.5. The zero-order valence-electron chi connectivity index (χ0n) is 22.0. The van der Waals surface area contributed by atoms with E-state index in [1.807, 2.05) is 66.9 Å². The Balaban J connectivity index is 1.54. The molecule has 5 heteroatoms. The van der Waals surface area contributed by atoms with Crippen LogP contribution in [0.25, 0.3) is 0 Å². The number of hydrogen-bond donors (Lipinski definition) is 0. The van der Waals surface area contributed by atoms with Crippen LogP contribution in [0.1, 0.15) is 33.6 Å².